The van der Waals surface area contributed by atoms with Gasteiger partial charge in [0, 0.05) is 6.61 Å². The number of benzene rings is 1. The molecule has 0 aliphatic heterocycles. The summed E-state index contributed by atoms with van der Waals surface area (Å²) >= 11 is 0. The summed E-state index contributed by atoms with van der Waals surface area (Å²) in [6, 6.07) is 10.8. The Hall–Kier alpha value is -0.860. The van der Waals surface area contributed by atoms with E-state index in [1.54, 1.807) is 0 Å². The fourth-order valence-corrected chi connectivity index (χ4v) is 3.08. The Kier molecular flexibility index (Phi) is 4.19. The third kappa shape index (κ3) is 2.88. The zero-order chi connectivity index (χ0) is 12.1. The van der Waals surface area contributed by atoms with Crippen LogP contribution in [0.15, 0.2) is 30.3 Å². The first kappa shape index (κ1) is 12.6. The molecule has 1 aliphatic rings. The van der Waals surface area contributed by atoms with E-state index in [1.165, 1.54) is 18.4 Å². The monoisotopic (exact) mass is 233 g/mol. The molecule has 0 atom stereocenters. The second-order valence-electron chi connectivity index (χ2n) is 5.36. The first-order valence-electron chi connectivity index (χ1n) is 6.65. The van der Waals surface area contributed by atoms with Crippen LogP contribution in [-0.4, -0.2) is 18.3 Å². The highest BCUT2D eigenvalue weighted by Gasteiger charge is 2.33. The summed E-state index contributed by atoms with van der Waals surface area (Å²) in [6.07, 6.45) is 5.60. The number of aliphatic hydroxyl groups excluding tert-OH is 1. The van der Waals surface area contributed by atoms with Crippen molar-refractivity contribution in [2.24, 2.45) is 11.1 Å². The van der Waals surface area contributed by atoms with Gasteiger partial charge in [0.05, 0.1) is 0 Å². The van der Waals surface area contributed by atoms with Gasteiger partial charge in [-0.3, -0.25) is 0 Å². The number of nitrogens with two attached hydrogens (primary N) is 1. The van der Waals surface area contributed by atoms with E-state index in [9.17, 15) is 0 Å². The van der Waals surface area contributed by atoms with Crippen LogP contribution in [0, 0.1) is 5.41 Å². The molecule has 2 nitrogen and oxygen atoms in total. The minimum atomic E-state index is 0.208. The molecule has 0 aromatic heterocycles. The maximum absolute atomic E-state index is 9.14. The molecule has 1 fully saturated rings. The summed E-state index contributed by atoms with van der Waals surface area (Å²) in [6.45, 7) is 0.988. The van der Waals surface area contributed by atoms with Gasteiger partial charge in [-0.2, -0.15) is 0 Å². The summed E-state index contributed by atoms with van der Waals surface area (Å²) in [5.41, 5.74) is 7.57. The molecule has 0 bridgehead atoms. The van der Waals surface area contributed by atoms with Crippen molar-refractivity contribution in [2.45, 2.75) is 38.0 Å². The number of hydrogen-bond acceptors (Lipinski definition) is 2. The molecule has 17 heavy (non-hydrogen) atoms. The molecule has 0 amide bonds. The van der Waals surface area contributed by atoms with Gasteiger partial charge >= 0.3 is 0 Å². The smallest absolute Gasteiger partial charge is 0.0436 e. The highest BCUT2D eigenvalue weighted by Crippen LogP contribution is 2.44. The molecule has 0 radical (unpaired) electrons. The van der Waals surface area contributed by atoms with E-state index in [1.807, 2.05) is 0 Å². The predicted molar refractivity (Wildman–Crippen MR) is 70.8 cm³/mol. The van der Waals surface area contributed by atoms with Crippen LogP contribution < -0.4 is 5.73 Å². The van der Waals surface area contributed by atoms with Crippen LogP contribution in [0.1, 0.15) is 43.6 Å². The van der Waals surface area contributed by atoms with Crippen molar-refractivity contribution < 1.29 is 5.11 Å². The van der Waals surface area contributed by atoms with Crippen molar-refractivity contribution in [3.05, 3.63) is 35.9 Å². The standard InChI is InChI=1S/C15H23NO/c16-12-15(10-11-17)8-6-14(7-9-15)13-4-2-1-3-5-13/h1-5,14,17H,6-12,16H2. The Morgan fingerprint density at radius 2 is 1.82 bits per heavy atom. The van der Waals surface area contributed by atoms with E-state index in [2.05, 4.69) is 30.3 Å². The van der Waals surface area contributed by atoms with Gasteiger partial charge in [-0.1, -0.05) is 30.3 Å². The van der Waals surface area contributed by atoms with Crippen LogP contribution >= 0.6 is 0 Å². The Morgan fingerprint density at radius 3 is 2.35 bits per heavy atom. The van der Waals surface area contributed by atoms with Crippen LogP contribution in [0.3, 0.4) is 0 Å². The molecule has 1 aromatic rings. The van der Waals surface area contributed by atoms with Crippen molar-refractivity contribution in [3.8, 4) is 0 Å². The third-order valence-corrected chi connectivity index (χ3v) is 4.39. The van der Waals surface area contributed by atoms with Gasteiger partial charge in [0.15, 0.2) is 0 Å². The molecule has 94 valence electrons. The highest BCUT2D eigenvalue weighted by atomic mass is 16.3. The van der Waals surface area contributed by atoms with Crippen molar-refractivity contribution in [1.82, 2.24) is 0 Å². The van der Waals surface area contributed by atoms with Crippen molar-refractivity contribution in [1.29, 1.82) is 0 Å². The van der Waals surface area contributed by atoms with E-state index < -0.39 is 0 Å². The van der Waals surface area contributed by atoms with Gasteiger partial charge in [0.1, 0.15) is 0 Å². The average molecular weight is 233 g/mol. The summed E-state index contributed by atoms with van der Waals surface area (Å²) in [4.78, 5) is 0. The molecule has 2 heteroatoms. The number of hydrogen-bond donors (Lipinski definition) is 2. The van der Waals surface area contributed by atoms with E-state index in [0.29, 0.717) is 5.92 Å². The summed E-state index contributed by atoms with van der Waals surface area (Å²) < 4.78 is 0. The van der Waals surface area contributed by atoms with Gasteiger partial charge in [0.2, 0.25) is 0 Å². The topological polar surface area (TPSA) is 46.2 Å². The number of aliphatic hydroxyl groups is 1. The lowest BCUT2D eigenvalue weighted by Gasteiger charge is -2.39. The molecule has 3 N–H and O–H groups in total. The van der Waals surface area contributed by atoms with Gasteiger partial charge in [-0.15, -0.1) is 0 Å². The quantitative estimate of drug-likeness (QED) is 0.840. The lowest BCUT2D eigenvalue weighted by atomic mass is 9.67. The van der Waals surface area contributed by atoms with Crippen LogP contribution in [0.2, 0.25) is 0 Å². The molecule has 0 spiro atoms. The Labute approximate surface area is 104 Å². The normalized spacial score (nSPS) is 29.2. The van der Waals surface area contributed by atoms with Crippen molar-refractivity contribution in [2.75, 3.05) is 13.2 Å². The highest BCUT2D eigenvalue weighted by molar-refractivity contribution is 5.20. The molecule has 0 saturated heterocycles. The van der Waals surface area contributed by atoms with E-state index in [4.69, 9.17) is 10.8 Å². The Balaban J connectivity index is 1.98. The lowest BCUT2D eigenvalue weighted by molar-refractivity contribution is 0.128. The largest absolute Gasteiger partial charge is 0.396 e. The van der Waals surface area contributed by atoms with Gasteiger partial charge < -0.3 is 10.8 Å². The molecule has 0 heterocycles. The zero-order valence-corrected chi connectivity index (χ0v) is 10.4. The van der Waals surface area contributed by atoms with Gasteiger partial charge in [-0.05, 0) is 55.5 Å². The fraction of sp³-hybridized carbons (Fsp3) is 0.600. The van der Waals surface area contributed by atoms with Crippen molar-refractivity contribution in [3.63, 3.8) is 0 Å². The van der Waals surface area contributed by atoms with E-state index >= 15 is 0 Å². The van der Waals surface area contributed by atoms with Crippen molar-refractivity contribution >= 4 is 0 Å². The van der Waals surface area contributed by atoms with Gasteiger partial charge in [0.25, 0.3) is 0 Å². The minimum absolute atomic E-state index is 0.208. The second-order valence-corrected chi connectivity index (χ2v) is 5.36. The van der Waals surface area contributed by atoms with Crippen LogP contribution in [-0.2, 0) is 0 Å². The molecule has 1 saturated carbocycles. The fourth-order valence-electron chi connectivity index (χ4n) is 3.08. The Bertz CT molecular complexity index is 328. The maximum Gasteiger partial charge on any atom is 0.0436 e. The van der Waals surface area contributed by atoms with E-state index in [0.717, 1.165) is 25.8 Å². The molecule has 1 aromatic carbocycles. The Morgan fingerprint density at radius 1 is 1.18 bits per heavy atom. The molecular formula is C15H23NO. The summed E-state index contributed by atoms with van der Waals surface area (Å²) in [7, 11) is 0. The zero-order valence-electron chi connectivity index (χ0n) is 10.4. The molecular weight excluding hydrogens is 210 g/mol. The number of rotatable bonds is 4. The SMILES string of the molecule is NCC1(CCO)CCC(c2ccccc2)CC1. The lowest BCUT2D eigenvalue weighted by Crippen LogP contribution is -2.35. The minimum Gasteiger partial charge on any atom is -0.396 e. The van der Waals surface area contributed by atoms with E-state index in [-0.39, 0.29) is 12.0 Å². The average Bonchev–Trinajstić information content (AvgIpc) is 2.41. The predicted octanol–water partition coefficient (Wildman–Crippen LogP) is 2.67. The van der Waals surface area contributed by atoms with Crippen LogP contribution in [0.5, 0.6) is 0 Å². The third-order valence-electron chi connectivity index (χ3n) is 4.39. The van der Waals surface area contributed by atoms with Crippen LogP contribution in [0.4, 0.5) is 0 Å². The summed E-state index contributed by atoms with van der Waals surface area (Å²) in [5, 5.41) is 9.14. The van der Waals surface area contributed by atoms with Gasteiger partial charge in [-0.25, -0.2) is 0 Å². The molecule has 1 aliphatic carbocycles. The van der Waals surface area contributed by atoms with Crippen LogP contribution in [0.25, 0.3) is 0 Å². The summed E-state index contributed by atoms with van der Waals surface area (Å²) in [5.74, 6) is 0.689. The first-order valence-corrected chi connectivity index (χ1v) is 6.65. The first-order chi connectivity index (χ1) is 8.29. The maximum atomic E-state index is 9.14. The molecule has 0 unspecified atom stereocenters. The molecule has 2 rings (SSSR count). The second kappa shape index (κ2) is 5.65.